The Kier molecular flexibility index (Phi) is 7.21. The first kappa shape index (κ1) is 19.8. The molecule has 6 heteroatoms. The Hall–Kier alpha value is -1.95. The maximum absolute atomic E-state index is 12.2. The molecule has 0 radical (unpaired) electrons. The molecule has 3 atom stereocenters. The van der Waals surface area contributed by atoms with Crippen molar-refractivity contribution in [2.75, 3.05) is 26.4 Å². The van der Waals surface area contributed by atoms with E-state index in [1.54, 1.807) is 0 Å². The highest BCUT2D eigenvalue weighted by Gasteiger charge is 2.21. The summed E-state index contributed by atoms with van der Waals surface area (Å²) in [6.07, 6.45) is 6.14. The van der Waals surface area contributed by atoms with Crippen molar-refractivity contribution in [2.45, 2.75) is 58.1 Å². The summed E-state index contributed by atoms with van der Waals surface area (Å²) in [5.41, 5.74) is 0.988. The fourth-order valence-corrected chi connectivity index (χ4v) is 3.68. The molecule has 0 saturated heterocycles. The molecule has 1 aliphatic carbocycles. The summed E-state index contributed by atoms with van der Waals surface area (Å²) in [5, 5.41) is 5.84. The van der Waals surface area contributed by atoms with E-state index >= 15 is 0 Å². The van der Waals surface area contributed by atoms with E-state index in [4.69, 9.17) is 14.2 Å². The van der Waals surface area contributed by atoms with Gasteiger partial charge >= 0.3 is 6.03 Å². The van der Waals surface area contributed by atoms with Gasteiger partial charge in [-0.05, 0) is 43.4 Å². The van der Waals surface area contributed by atoms with E-state index in [0.717, 1.165) is 29.9 Å². The van der Waals surface area contributed by atoms with Crippen molar-refractivity contribution in [3.05, 3.63) is 23.8 Å². The minimum Gasteiger partial charge on any atom is -0.490 e. The van der Waals surface area contributed by atoms with Crippen molar-refractivity contribution in [3.63, 3.8) is 0 Å². The predicted molar refractivity (Wildman–Crippen MR) is 104 cm³/mol. The van der Waals surface area contributed by atoms with Gasteiger partial charge in [0.25, 0.3) is 0 Å². The van der Waals surface area contributed by atoms with Gasteiger partial charge in [-0.3, -0.25) is 0 Å². The number of fused-ring (bicyclic) bond motifs is 1. The van der Waals surface area contributed by atoms with Gasteiger partial charge in [-0.2, -0.15) is 0 Å². The standard InChI is InChI=1S/C21H32N2O4/c1-15-6-3-4-7-18(15)27-13-10-22-21(24)23-16(2)17-8-9-19-20(14-17)26-12-5-11-25-19/h8-9,14-16,18H,3-7,10-13H2,1-2H3,(H2,22,23,24). The quantitative estimate of drug-likeness (QED) is 0.741. The average molecular weight is 376 g/mol. The second-order valence-corrected chi connectivity index (χ2v) is 7.55. The molecule has 2 aliphatic rings. The van der Waals surface area contributed by atoms with Crippen molar-refractivity contribution in [1.82, 2.24) is 10.6 Å². The maximum Gasteiger partial charge on any atom is 0.315 e. The zero-order chi connectivity index (χ0) is 19.1. The van der Waals surface area contributed by atoms with Gasteiger partial charge in [-0.1, -0.05) is 25.8 Å². The number of carbonyl (C=O) groups is 1. The molecule has 3 rings (SSSR count). The Bertz CT molecular complexity index is 622. The molecular formula is C21H32N2O4. The third-order valence-electron chi connectivity index (χ3n) is 5.37. The van der Waals surface area contributed by atoms with Crippen LogP contribution in [0.1, 0.15) is 57.6 Å². The van der Waals surface area contributed by atoms with Crippen LogP contribution in [0, 0.1) is 5.92 Å². The van der Waals surface area contributed by atoms with Crippen molar-refractivity contribution in [2.24, 2.45) is 5.92 Å². The van der Waals surface area contributed by atoms with E-state index < -0.39 is 0 Å². The lowest BCUT2D eigenvalue weighted by Crippen LogP contribution is -2.39. The topological polar surface area (TPSA) is 68.8 Å². The molecule has 3 unspecified atom stereocenters. The van der Waals surface area contributed by atoms with Crippen molar-refractivity contribution in [3.8, 4) is 11.5 Å². The third kappa shape index (κ3) is 5.76. The van der Waals surface area contributed by atoms with Crippen LogP contribution in [-0.4, -0.2) is 38.5 Å². The number of urea groups is 1. The summed E-state index contributed by atoms with van der Waals surface area (Å²) in [6, 6.07) is 5.51. The highest BCUT2D eigenvalue weighted by molar-refractivity contribution is 5.74. The molecule has 0 spiro atoms. The van der Waals surface area contributed by atoms with Crippen LogP contribution >= 0.6 is 0 Å². The average Bonchev–Trinajstić information content (AvgIpc) is 2.91. The summed E-state index contributed by atoms with van der Waals surface area (Å²) in [6.45, 7) is 6.60. The Morgan fingerprint density at radius 3 is 2.78 bits per heavy atom. The molecule has 0 aromatic heterocycles. The van der Waals surface area contributed by atoms with Gasteiger partial charge < -0.3 is 24.8 Å². The number of benzene rings is 1. The smallest absolute Gasteiger partial charge is 0.315 e. The molecule has 1 aromatic rings. The van der Waals surface area contributed by atoms with Crippen molar-refractivity contribution < 1.29 is 19.0 Å². The zero-order valence-corrected chi connectivity index (χ0v) is 16.5. The minimum atomic E-state index is -0.185. The first-order chi connectivity index (χ1) is 13.1. The Morgan fingerprint density at radius 1 is 1.19 bits per heavy atom. The molecule has 2 amide bonds. The van der Waals surface area contributed by atoms with Crippen LogP contribution in [0.5, 0.6) is 11.5 Å². The van der Waals surface area contributed by atoms with Gasteiger partial charge in [0.15, 0.2) is 11.5 Å². The van der Waals surface area contributed by atoms with Crippen LogP contribution in [0.4, 0.5) is 4.79 Å². The molecule has 1 fully saturated rings. The highest BCUT2D eigenvalue weighted by atomic mass is 16.5. The molecule has 150 valence electrons. The second-order valence-electron chi connectivity index (χ2n) is 7.55. The van der Waals surface area contributed by atoms with Gasteiger partial charge in [0, 0.05) is 13.0 Å². The molecule has 2 N–H and O–H groups in total. The monoisotopic (exact) mass is 376 g/mol. The number of carbonyl (C=O) groups excluding carboxylic acids is 1. The van der Waals surface area contributed by atoms with Crippen molar-refractivity contribution in [1.29, 1.82) is 0 Å². The summed E-state index contributed by atoms with van der Waals surface area (Å²) in [5.74, 6) is 2.13. The first-order valence-corrected chi connectivity index (χ1v) is 10.2. The lowest BCUT2D eigenvalue weighted by atomic mass is 9.88. The Morgan fingerprint density at radius 2 is 1.96 bits per heavy atom. The lowest BCUT2D eigenvalue weighted by Gasteiger charge is -2.28. The minimum absolute atomic E-state index is 0.124. The Labute approximate surface area is 161 Å². The van der Waals surface area contributed by atoms with E-state index in [1.165, 1.54) is 19.3 Å². The maximum atomic E-state index is 12.2. The zero-order valence-electron chi connectivity index (χ0n) is 16.5. The van der Waals surface area contributed by atoms with E-state index in [-0.39, 0.29) is 12.1 Å². The fourth-order valence-electron chi connectivity index (χ4n) is 3.68. The van der Waals surface area contributed by atoms with Crippen LogP contribution in [0.25, 0.3) is 0 Å². The largest absolute Gasteiger partial charge is 0.490 e. The van der Waals surface area contributed by atoms with Crippen LogP contribution in [0.3, 0.4) is 0 Å². The van der Waals surface area contributed by atoms with Gasteiger partial charge in [0.1, 0.15) is 0 Å². The molecule has 1 aliphatic heterocycles. The van der Waals surface area contributed by atoms with Crippen LogP contribution in [0.2, 0.25) is 0 Å². The molecule has 1 saturated carbocycles. The van der Waals surface area contributed by atoms with Gasteiger partial charge in [0.2, 0.25) is 0 Å². The van der Waals surface area contributed by atoms with Crippen LogP contribution in [0.15, 0.2) is 18.2 Å². The van der Waals surface area contributed by atoms with Gasteiger partial charge in [-0.25, -0.2) is 4.79 Å². The molecular weight excluding hydrogens is 344 g/mol. The van der Waals surface area contributed by atoms with E-state index in [2.05, 4.69) is 17.6 Å². The summed E-state index contributed by atoms with van der Waals surface area (Å²) in [7, 11) is 0. The fraction of sp³-hybridized carbons (Fsp3) is 0.667. The number of nitrogens with one attached hydrogen (secondary N) is 2. The van der Waals surface area contributed by atoms with E-state index in [0.29, 0.717) is 38.4 Å². The van der Waals surface area contributed by atoms with Crippen LogP contribution < -0.4 is 20.1 Å². The van der Waals surface area contributed by atoms with Crippen molar-refractivity contribution >= 4 is 6.03 Å². The summed E-state index contributed by atoms with van der Waals surface area (Å²) < 4.78 is 17.3. The molecule has 1 aromatic carbocycles. The third-order valence-corrected chi connectivity index (χ3v) is 5.37. The molecule has 27 heavy (non-hydrogen) atoms. The Balaban J connectivity index is 1.40. The van der Waals surface area contributed by atoms with E-state index in [9.17, 15) is 4.79 Å². The molecule has 0 bridgehead atoms. The molecule has 1 heterocycles. The lowest BCUT2D eigenvalue weighted by molar-refractivity contribution is -0.00244. The number of amides is 2. The molecule has 6 nitrogen and oxygen atoms in total. The second kappa shape index (κ2) is 9.83. The van der Waals surface area contributed by atoms with Gasteiger partial charge in [-0.15, -0.1) is 0 Å². The number of hydrogen-bond acceptors (Lipinski definition) is 4. The van der Waals surface area contributed by atoms with Crippen LogP contribution in [-0.2, 0) is 4.74 Å². The summed E-state index contributed by atoms with van der Waals surface area (Å²) in [4.78, 5) is 12.2. The number of ether oxygens (including phenoxy) is 3. The summed E-state index contributed by atoms with van der Waals surface area (Å²) >= 11 is 0. The predicted octanol–water partition coefficient (Wildman–Crippen LogP) is 3.80. The first-order valence-electron chi connectivity index (χ1n) is 10.2. The highest BCUT2D eigenvalue weighted by Crippen LogP contribution is 2.32. The normalized spacial score (nSPS) is 23.2. The SMILES string of the molecule is CC(NC(=O)NCCOC1CCCCC1C)c1ccc2c(c1)OCCCO2. The number of rotatable bonds is 6. The van der Waals surface area contributed by atoms with Gasteiger partial charge in [0.05, 0.1) is 32.0 Å². The number of hydrogen-bond donors (Lipinski definition) is 2. The van der Waals surface area contributed by atoms with E-state index in [1.807, 2.05) is 25.1 Å².